The van der Waals surface area contributed by atoms with Crippen LogP contribution in [0.15, 0.2) is 53.6 Å². The van der Waals surface area contributed by atoms with Gasteiger partial charge in [0.05, 0.1) is 38.0 Å². The SMILES string of the molecule is COc1cc2ncn(CC(=O)NCC(=O)N3CCN(c4ccccc4)CC3)c(=O)c2cc1OC. The second-order valence-electron chi connectivity index (χ2n) is 7.88. The van der Waals surface area contributed by atoms with Crippen LogP contribution in [0.5, 0.6) is 11.5 Å². The zero-order chi connectivity index (χ0) is 24.1. The van der Waals surface area contributed by atoms with E-state index in [1.165, 1.54) is 31.2 Å². The number of nitrogens with one attached hydrogen (secondary N) is 1. The molecule has 0 unspecified atom stereocenters. The maximum absolute atomic E-state index is 12.8. The Morgan fingerprint density at radius 3 is 2.35 bits per heavy atom. The molecule has 0 radical (unpaired) electrons. The minimum atomic E-state index is -0.444. The molecule has 3 aromatic rings. The van der Waals surface area contributed by atoms with E-state index < -0.39 is 5.91 Å². The minimum absolute atomic E-state index is 0.120. The van der Waals surface area contributed by atoms with Gasteiger partial charge in [-0.15, -0.1) is 0 Å². The number of piperazine rings is 1. The largest absolute Gasteiger partial charge is 0.493 e. The maximum Gasteiger partial charge on any atom is 0.261 e. The van der Waals surface area contributed by atoms with Gasteiger partial charge in [-0.3, -0.25) is 19.0 Å². The standard InChI is InChI=1S/C24H27N5O5/c1-33-20-12-18-19(13-21(20)34-2)26-16-29(24(18)32)15-22(30)25-14-23(31)28-10-8-27(9-11-28)17-6-4-3-5-7-17/h3-7,12-13,16H,8-11,14-15H2,1-2H3,(H,25,30). The van der Waals surface area contributed by atoms with Gasteiger partial charge in [-0.1, -0.05) is 18.2 Å². The first-order valence-corrected chi connectivity index (χ1v) is 11.0. The summed E-state index contributed by atoms with van der Waals surface area (Å²) in [6, 6.07) is 13.2. The van der Waals surface area contributed by atoms with Gasteiger partial charge in [-0.2, -0.15) is 0 Å². The lowest BCUT2D eigenvalue weighted by molar-refractivity contribution is -0.133. The summed E-state index contributed by atoms with van der Waals surface area (Å²) >= 11 is 0. The molecule has 0 spiro atoms. The zero-order valence-electron chi connectivity index (χ0n) is 19.2. The zero-order valence-corrected chi connectivity index (χ0v) is 19.2. The number of amides is 2. The third-order valence-electron chi connectivity index (χ3n) is 5.83. The van der Waals surface area contributed by atoms with Gasteiger partial charge < -0.3 is 24.6 Å². The Kier molecular flexibility index (Phi) is 6.95. The lowest BCUT2D eigenvalue weighted by Crippen LogP contribution is -2.51. The molecule has 1 aromatic heterocycles. The normalized spacial score (nSPS) is 13.6. The quantitative estimate of drug-likeness (QED) is 0.552. The van der Waals surface area contributed by atoms with Crippen molar-refractivity contribution in [1.82, 2.24) is 19.8 Å². The van der Waals surface area contributed by atoms with Crippen LogP contribution in [-0.4, -0.2) is 73.2 Å². The minimum Gasteiger partial charge on any atom is -0.493 e. The molecule has 10 heteroatoms. The molecule has 0 bridgehead atoms. The number of nitrogens with zero attached hydrogens (tertiary/aromatic N) is 4. The molecule has 34 heavy (non-hydrogen) atoms. The van der Waals surface area contributed by atoms with Gasteiger partial charge in [0.15, 0.2) is 11.5 Å². The number of anilines is 1. The van der Waals surface area contributed by atoms with Crippen molar-refractivity contribution < 1.29 is 19.1 Å². The van der Waals surface area contributed by atoms with Crippen molar-refractivity contribution >= 4 is 28.4 Å². The number of carbonyl (C=O) groups is 2. The van der Waals surface area contributed by atoms with Crippen LogP contribution in [0, 0.1) is 0 Å². The van der Waals surface area contributed by atoms with Crippen molar-refractivity contribution in [3.05, 3.63) is 59.1 Å². The molecule has 1 fully saturated rings. The highest BCUT2D eigenvalue weighted by atomic mass is 16.5. The van der Waals surface area contributed by atoms with Crippen molar-refractivity contribution in [3.63, 3.8) is 0 Å². The Labute approximate surface area is 196 Å². The summed E-state index contributed by atoms with van der Waals surface area (Å²) in [6.45, 7) is 2.27. The Morgan fingerprint density at radius 1 is 1.00 bits per heavy atom. The van der Waals surface area contributed by atoms with Gasteiger partial charge in [0, 0.05) is 37.9 Å². The molecule has 1 N–H and O–H groups in total. The van der Waals surface area contributed by atoms with Crippen LogP contribution in [0.3, 0.4) is 0 Å². The van der Waals surface area contributed by atoms with Crippen LogP contribution in [-0.2, 0) is 16.1 Å². The molecule has 10 nitrogen and oxygen atoms in total. The molecular formula is C24H27N5O5. The molecule has 0 atom stereocenters. The number of ether oxygens (including phenoxy) is 2. The van der Waals surface area contributed by atoms with Gasteiger partial charge in [0.25, 0.3) is 5.56 Å². The molecule has 0 saturated carbocycles. The van der Waals surface area contributed by atoms with Gasteiger partial charge in [0.1, 0.15) is 6.54 Å². The number of fused-ring (bicyclic) bond motifs is 1. The summed E-state index contributed by atoms with van der Waals surface area (Å²) in [5.41, 5.74) is 1.18. The summed E-state index contributed by atoms with van der Waals surface area (Å²) in [6.07, 6.45) is 1.31. The van der Waals surface area contributed by atoms with Crippen molar-refractivity contribution in [2.45, 2.75) is 6.54 Å². The van der Waals surface area contributed by atoms with E-state index in [0.717, 1.165) is 18.8 Å². The van der Waals surface area contributed by atoms with Gasteiger partial charge in [-0.25, -0.2) is 4.98 Å². The molecule has 0 aliphatic carbocycles. The van der Waals surface area contributed by atoms with Crippen LogP contribution >= 0.6 is 0 Å². The highest BCUT2D eigenvalue weighted by molar-refractivity contribution is 5.85. The molecule has 2 heterocycles. The van der Waals surface area contributed by atoms with E-state index in [2.05, 4.69) is 15.2 Å². The highest BCUT2D eigenvalue weighted by Gasteiger charge is 2.21. The van der Waals surface area contributed by atoms with Crippen LogP contribution in [0.1, 0.15) is 0 Å². The topological polar surface area (TPSA) is 106 Å². The summed E-state index contributed by atoms with van der Waals surface area (Å²) in [4.78, 5) is 46.0. The Hall–Kier alpha value is -4.08. The van der Waals surface area contributed by atoms with Crippen molar-refractivity contribution in [2.75, 3.05) is 51.8 Å². The van der Waals surface area contributed by atoms with E-state index in [4.69, 9.17) is 9.47 Å². The number of methoxy groups -OCH3 is 2. The number of hydrogen-bond donors (Lipinski definition) is 1. The average Bonchev–Trinajstić information content (AvgIpc) is 2.88. The van der Waals surface area contributed by atoms with Crippen molar-refractivity contribution in [1.29, 1.82) is 0 Å². The molecule has 178 valence electrons. The van der Waals surface area contributed by atoms with E-state index in [1.807, 2.05) is 30.3 Å². The molecule has 2 amide bonds. The van der Waals surface area contributed by atoms with E-state index in [0.29, 0.717) is 35.5 Å². The van der Waals surface area contributed by atoms with E-state index in [9.17, 15) is 14.4 Å². The Balaban J connectivity index is 1.33. The molecule has 4 rings (SSSR count). The van der Waals surface area contributed by atoms with Crippen molar-refractivity contribution in [3.8, 4) is 11.5 Å². The van der Waals surface area contributed by atoms with E-state index in [-0.39, 0.29) is 24.6 Å². The molecular weight excluding hydrogens is 438 g/mol. The fourth-order valence-electron chi connectivity index (χ4n) is 3.95. The van der Waals surface area contributed by atoms with Gasteiger partial charge in [0.2, 0.25) is 11.8 Å². The first-order valence-electron chi connectivity index (χ1n) is 11.0. The van der Waals surface area contributed by atoms with Gasteiger partial charge in [-0.05, 0) is 18.2 Å². The highest BCUT2D eigenvalue weighted by Crippen LogP contribution is 2.29. The first kappa shape index (κ1) is 23.1. The molecule has 2 aromatic carbocycles. The molecule has 1 saturated heterocycles. The third-order valence-corrected chi connectivity index (χ3v) is 5.83. The third kappa shape index (κ3) is 4.95. The van der Waals surface area contributed by atoms with Crippen molar-refractivity contribution in [2.24, 2.45) is 0 Å². The van der Waals surface area contributed by atoms with Crippen LogP contribution in [0.25, 0.3) is 10.9 Å². The maximum atomic E-state index is 12.8. The lowest BCUT2D eigenvalue weighted by Gasteiger charge is -2.36. The Bertz CT molecular complexity index is 1240. The van der Waals surface area contributed by atoms with Gasteiger partial charge >= 0.3 is 0 Å². The Morgan fingerprint density at radius 2 is 1.68 bits per heavy atom. The predicted octanol–water partition coefficient (Wildman–Crippen LogP) is 0.879. The molecule has 1 aliphatic rings. The number of hydrogen-bond acceptors (Lipinski definition) is 7. The van der Waals surface area contributed by atoms with E-state index in [1.54, 1.807) is 11.0 Å². The monoisotopic (exact) mass is 465 g/mol. The second-order valence-corrected chi connectivity index (χ2v) is 7.88. The molecule has 1 aliphatic heterocycles. The fraction of sp³-hybridized carbons (Fsp3) is 0.333. The van der Waals surface area contributed by atoms with Crippen LogP contribution in [0.2, 0.25) is 0 Å². The summed E-state index contributed by atoms with van der Waals surface area (Å²) in [7, 11) is 2.98. The van der Waals surface area contributed by atoms with E-state index >= 15 is 0 Å². The predicted molar refractivity (Wildman–Crippen MR) is 127 cm³/mol. The lowest BCUT2D eigenvalue weighted by atomic mass is 10.2. The first-order chi connectivity index (χ1) is 16.5. The van der Waals surface area contributed by atoms with Crippen LogP contribution in [0.4, 0.5) is 5.69 Å². The average molecular weight is 466 g/mol. The number of carbonyl (C=O) groups excluding carboxylic acids is 2. The van der Waals surface area contributed by atoms with Crippen LogP contribution < -0.4 is 25.2 Å². The smallest absolute Gasteiger partial charge is 0.261 e. The summed E-state index contributed by atoms with van der Waals surface area (Å²) in [5.74, 6) is 0.261. The number of aromatic nitrogens is 2. The summed E-state index contributed by atoms with van der Waals surface area (Å²) < 4.78 is 11.7. The number of para-hydroxylation sites is 1. The second kappa shape index (κ2) is 10.2. The number of rotatable bonds is 7. The fourth-order valence-corrected chi connectivity index (χ4v) is 3.95. The summed E-state index contributed by atoms with van der Waals surface area (Å²) in [5, 5.41) is 2.92. The number of benzene rings is 2.